The molecule has 1 aliphatic heterocycles. The predicted molar refractivity (Wildman–Crippen MR) is 144 cm³/mol. The van der Waals surface area contributed by atoms with Crippen LogP contribution in [0.2, 0.25) is 0 Å². The lowest BCUT2D eigenvalue weighted by Gasteiger charge is -2.37. The number of rotatable bonds is 8. The van der Waals surface area contributed by atoms with Crippen LogP contribution in [0.4, 0.5) is 4.79 Å². The minimum absolute atomic E-state index is 0.119. The normalized spacial score (nSPS) is 17.1. The molecular weight excluding hydrogens is 482 g/mol. The Bertz CT molecular complexity index is 1390. The van der Waals surface area contributed by atoms with Gasteiger partial charge in [-0.25, -0.2) is 9.59 Å². The van der Waals surface area contributed by atoms with Crippen molar-refractivity contribution in [1.82, 2.24) is 4.90 Å². The van der Waals surface area contributed by atoms with E-state index in [1.807, 2.05) is 84.9 Å². The maximum Gasteiger partial charge on any atom is 0.407 e. The Morgan fingerprint density at radius 1 is 0.789 bits per heavy atom. The number of benzene rings is 4. The van der Waals surface area contributed by atoms with Gasteiger partial charge in [0.1, 0.15) is 30.8 Å². The third-order valence-electron chi connectivity index (χ3n) is 6.75. The van der Waals surface area contributed by atoms with E-state index in [4.69, 9.17) is 14.2 Å². The van der Waals surface area contributed by atoms with Crippen LogP contribution in [0.15, 0.2) is 97.1 Å². The van der Waals surface area contributed by atoms with Crippen LogP contribution in [-0.2, 0) is 4.74 Å². The summed E-state index contributed by atoms with van der Waals surface area (Å²) in [4.78, 5) is 26.1. The molecule has 0 radical (unpaired) electrons. The van der Waals surface area contributed by atoms with E-state index in [9.17, 15) is 14.7 Å². The second-order valence-corrected chi connectivity index (χ2v) is 9.21. The third-order valence-corrected chi connectivity index (χ3v) is 6.75. The molecule has 0 aliphatic carbocycles. The summed E-state index contributed by atoms with van der Waals surface area (Å²) >= 11 is 0. The fourth-order valence-electron chi connectivity index (χ4n) is 4.76. The predicted octanol–water partition coefficient (Wildman–Crippen LogP) is 5.99. The zero-order valence-electron chi connectivity index (χ0n) is 20.9. The minimum atomic E-state index is -1.02. The highest BCUT2D eigenvalue weighted by Gasteiger charge is 2.35. The molecule has 7 heteroatoms. The Hall–Kier alpha value is -4.52. The summed E-state index contributed by atoms with van der Waals surface area (Å²) in [5.41, 5.74) is 1.41. The molecule has 5 rings (SSSR count). The van der Waals surface area contributed by atoms with Crippen molar-refractivity contribution in [3.05, 3.63) is 108 Å². The highest BCUT2D eigenvalue weighted by atomic mass is 16.5. The van der Waals surface area contributed by atoms with Crippen molar-refractivity contribution in [1.29, 1.82) is 0 Å². The number of fused-ring (bicyclic) bond motifs is 1. The molecule has 1 saturated heterocycles. The Balaban J connectivity index is 1.24. The average molecular weight is 512 g/mol. The summed E-state index contributed by atoms with van der Waals surface area (Å²) in [6.07, 6.45) is -1.07. The van der Waals surface area contributed by atoms with Gasteiger partial charge in [-0.1, -0.05) is 60.7 Å². The van der Waals surface area contributed by atoms with Crippen LogP contribution in [0.3, 0.4) is 0 Å². The fourth-order valence-corrected chi connectivity index (χ4v) is 4.76. The largest absolute Gasteiger partial charge is 0.490 e. The molecule has 1 heterocycles. The number of carboxylic acid groups (broad SMARTS) is 1. The summed E-state index contributed by atoms with van der Waals surface area (Å²) in [5.74, 6) is 0.906. The first-order chi connectivity index (χ1) is 18.6. The fraction of sp³-hybridized carbons (Fsp3) is 0.226. The van der Waals surface area contributed by atoms with Crippen molar-refractivity contribution in [2.75, 3.05) is 26.3 Å². The first-order valence-electron chi connectivity index (χ1n) is 12.6. The Labute approximate surface area is 221 Å². The van der Waals surface area contributed by atoms with Crippen molar-refractivity contribution in [3.63, 3.8) is 0 Å². The Kier molecular flexibility index (Phi) is 7.73. The van der Waals surface area contributed by atoms with E-state index in [1.165, 1.54) is 4.90 Å². The minimum Gasteiger partial charge on any atom is -0.490 e. The summed E-state index contributed by atoms with van der Waals surface area (Å²) in [7, 11) is 0. The van der Waals surface area contributed by atoms with Crippen molar-refractivity contribution in [2.45, 2.75) is 18.4 Å². The molecule has 1 N–H and O–H groups in total. The standard InChI is InChI=1S/C31H29NO6/c33-30(25-11-10-22-6-4-5-7-24(22)20-25)38-29-21-32(31(34)35)17-16-28(29)23-12-14-27(15-13-23)37-19-18-36-26-8-2-1-3-9-26/h1-15,20,28-29H,16-19,21H2,(H,34,35). The number of hydrogen-bond acceptors (Lipinski definition) is 5. The van der Waals surface area contributed by atoms with Gasteiger partial charge in [-0.15, -0.1) is 0 Å². The van der Waals surface area contributed by atoms with E-state index in [0.29, 0.717) is 37.5 Å². The molecule has 4 aromatic carbocycles. The van der Waals surface area contributed by atoms with Gasteiger partial charge in [-0.05, 0) is 59.2 Å². The van der Waals surface area contributed by atoms with Crippen LogP contribution in [0, 0.1) is 0 Å². The number of nitrogens with zero attached hydrogens (tertiary/aromatic N) is 1. The highest BCUT2D eigenvalue weighted by molar-refractivity contribution is 5.95. The first kappa shape index (κ1) is 25.1. The number of para-hydroxylation sites is 1. The van der Waals surface area contributed by atoms with Gasteiger partial charge in [-0.2, -0.15) is 0 Å². The molecule has 0 aromatic heterocycles. The van der Waals surface area contributed by atoms with E-state index in [1.54, 1.807) is 12.1 Å². The molecule has 1 fully saturated rings. The van der Waals surface area contributed by atoms with Crippen molar-refractivity contribution in [3.8, 4) is 11.5 Å². The molecule has 1 aliphatic rings. The average Bonchev–Trinajstić information content (AvgIpc) is 2.96. The number of amides is 1. The van der Waals surface area contributed by atoms with Gasteiger partial charge in [0.15, 0.2) is 0 Å². The van der Waals surface area contributed by atoms with Gasteiger partial charge < -0.3 is 24.2 Å². The van der Waals surface area contributed by atoms with E-state index in [-0.39, 0.29) is 12.5 Å². The number of carbonyl (C=O) groups is 2. The van der Waals surface area contributed by atoms with Crippen LogP contribution >= 0.6 is 0 Å². The second kappa shape index (κ2) is 11.7. The lowest BCUT2D eigenvalue weighted by atomic mass is 9.87. The highest BCUT2D eigenvalue weighted by Crippen LogP contribution is 2.32. The number of likely N-dealkylation sites (tertiary alicyclic amines) is 1. The first-order valence-corrected chi connectivity index (χ1v) is 12.6. The molecule has 7 nitrogen and oxygen atoms in total. The molecule has 38 heavy (non-hydrogen) atoms. The van der Waals surface area contributed by atoms with E-state index >= 15 is 0 Å². The molecule has 2 atom stereocenters. The lowest BCUT2D eigenvalue weighted by molar-refractivity contribution is -0.0000313. The molecule has 1 amide bonds. The van der Waals surface area contributed by atoms with E-state index in [0.717, 1.165) is 22.1 Å². The zero-order chi connectivity index (χ0) is 26.3. The van der Waals surface area contributed by atoms with Gasteiger partial charge in [0.25, 0.3) is 0 Å². The molecule has 0 saturated carbocycles. The number of ether oxygens (including phenoxy) is 3. The van der Waals surface area contributed by atoms with Crippen molar-refractivity contribution < 1.29 is 28.9 Å². The number of hydrogen-bond donors (Lipinski definition) is 1. The maximum absolute atomic E-state index is 13.1. The van der Waals surface area contributed by atoms with Crippen LogP contribution in [0.25, 0.3) is 10.8 Å². The second-order valence-electron chi connectivity index (χ2n) is 9.21. The van der Waals surface area contributed by atoms with Crippen LogP contribution < -0.4 is 9.47 Å². The Morgan fingerprint density at radius 3 is 2.16 bits per heavy atom. The monoisotopic (exact) mass is 511 g/mol. The smallest absolute Gasteiger partial charge is 0.407 e. The van der Waals surface area contributed by atoms with Gasteiger partial charge in [0.05, 0.1) is 12.1 Å². The zero-order valence-corrected chi connectivity index (χ0v) is 20.9. The van der Waals surface area contributed by atoms with Crippen LogP contribution in [0.5, 0.6) is 11.5 Å². The Morgan fingerprint density at radius 2 is 1.45 bits per heavy atom. The van der Waals surface area contributed by atoms with Gasteiger partial charge in [-0.3, -0.25) is 0 Å². The quantitative estimate of drug-likeness (QED) is 0.231. The van der Waals surface area contributed by atoms with E-state index < -0.39 is 18.2 Å². The van der Waals surface area contributed by atoms with Crippen molar-refractivity contribution >= 4 is 22.8 Å². The lowest BCUT2D eigenvalue weighted by Crippen LogP contribution is -2.47. The SMILES string of the molecule is O=C(OC1CN(C(=O)O)CCC1c1ccc(OCCOc2ccccc2)cc1)c1ccc2ccccc2c1. The summed E-state index contributed by atoms with van der Waals surface area (Å²) < 4.78 is 17.4. The number of piperidine rings is 1. The van der Waals surface area contributed by atoms with Gasteiger partial charge >= 0.3 is 12.1 Å². The molecule has 0 spiro atoms. The van der Waals surface area contributed by atoms with Crippen molar-refractivity contribution in [2.24, 2.45) is 0 Å². The topological polar surface area (TPSA) is 85.3 Å². The molecule has 4 aromatic rings. The molecule has 0 bridgehead atoms. The molecular formula is C31H29NO6. The summed E-state index contributed by atoms with van der Waals surface area (Å²) in [6.45, 7) is 1.32. The van der Waals surface area contributed by atoms with Gasteiger partial charge in [0, 0.05) is 12.5 Å². The summed E-state index contributed by atoms with van der Waals surface area (Å²) in [6, 6.07) is 30.4. The number of esters is 1. The number of carbonyl (C=O) groups excluding carboxylic acids is 1. The van der Waals surface area contributed by atoms with Gasteiger partial charge in [0.2, 0.25) is 0 Å². The van der Waals surface area contributed by atoms with Crippen LogP contribution in [0.1, 0.15) is 28.3 Å². The van der Waals surface area contributed by atoms with Crippen LogP contribution in [-0.4, -0.2) is 54.5 Å². The summed E-state index contributed by atoms with van der Waals surface area (Å²) in [5, 5.41) is 11.5. The molecule has 2 unspecified atom stereocenters. The van der Waals surface area contributed by atoms with E-state index in [2.05, 4.69) is 0 Å². The maximum atomic E-state index is 13.1. The molecule has 194 valence electrons. The third kappa shape index (κ3) is 6.06.